The van der Waals surface area contributed by atoms with Gasteiger partial charge in [-0.1, -0.05) is 36.4 Å². The summed E-state index contributed by atoms with van der Waals surface area (Å²) in [6.07, 6.45) is 1.21. The van der Waals surface area contributed by atoms with Crippen LogP contribution in [0, 0.1) is 12.8 Å². The van der Waals surface area contributed by atoms with E-state index in [1.54, 1.807) is 0 Å². The molecule has 104 valence electrons. The second-order valence-electron chi connectivity index (χ2n) is 5.32. The highest BCUT2D eigenvalue weighted by molar-refractivity contribution is 5.22. The van der Waals surface area contributed by atoms with E-state index in [9.17, 15) is 0 Å². The van der Waals surface area contributed by atoms with Crippen molar-refractivity contribution >= 4 is 0 Å². The van der Waals surface area contributed by atoms with Gasteiger partial charge < -0.3 is 10.1 Å². The molecule has 0 radical (unpaired) electrons. The molecular formula is C17H20N2O. The number of pyridine rings is 1. The van der Waals surface area contributed by atoms with Crippen molar-refractivity contribution in [2.75, 3.05) is 13.1 Å². The number of ether oxygens (including phenoxy) is 1. The Bertz CT molecular complexity index is 550. The van der Waals surface area contributed by atoms with Crippen molar-refractivity contribution in [3.05, 3.63) is 59.8 Å². The van der Waals surface area contributed by atoms with E-state index in [-0.39, 0.29) is 6.10 Å². The molecule has 0 amide bonds. The van der Waals surface area contributed by atoms with E-state index in [0.29, 0.717) is 11.8 Å². The van der Waals surface area contributed by atoms with Crippen LogP contribution in [0.4, 0.5) is 0 Å². The van der Waals surface area contributed by atoms with Gasteiger partial charge in [0.1, 0.15) is 6.10 Å². The summed E-state index contributed by atoms with van der Waals surface area (Å²) in [6.45, 7) is 4.06. The molecule has 2 atom stereocenters. The first-order chi connectivity index (χ1) is 9.83. The predicted molar refractivity (Wildman–Crippen MR) is 79.8 cm³/mol. The smallest absolute Gasteiger partial charge is 0.214 e. The van der Waals surface area contributed by atoms with Crippen LogP contribution in [0.5, 0.6) is 5.88 Å². The first kappa shape index (κ1) is 13.1. The van der Waals surface area contributed by atoms with E-state index < -0.39 is 0 Å². The second-order valence-corrected chi connectivity index (χ2v) is 5.32. The van der Waals surface area contributed by atoms with Gasteiger partial charge in [0.05, 0.1) is 0 Å². The Morgan fingerprint density at radius 1 is 1.15 bits per heavy atom. The number of rotatable bonds is 4. The lowest BCUT2D eigenvalue weighted by molar-refractivity contribution is 0.138. The van der Waals surface area contributed by atoms with Gasteiger partial charge in [0.2, 0.25) is 5.88 Å². The van der Waals surface area contributed by atoms with Crippen LogP contribution in [-0.4, -0.2) is 18.1 Å². The lowest BCUT2D eigenvalue weighted by Crippen LogP contribution is -2.21. The summed E-state index contributed by atoms with van der Waals surface area (Å²) in [6, 6.07) is 16.4. The van der Waals surface area contributed by atoms with Crippen molar-refractivity contribution in [2.24, 2.45) is 5.92 Å². The maximum atomic E-state index is 6.21. The van der Waals surface area contributed by atoms with Crippen LogP contribution in [0.25, 0.3) is 0 Å². The van der Waals surface area contributed by atoms with Crippen LogP contribution in [0.1, 0.15) is 23.8 Å². The molecule has 1 aliphatic heterocycles. The van der Waals surface area contributed by atoms with Crippen LogP contribution in [0.2, 0.25) is 0 Å². The summed E-state index contributed by atoms with van der Waals surface area (Å²) in [5, 5.41) is 3.42. The summed E-state index contributed by atoms with van der Waals surface area (Å²) >= 11 is 0. The van der Waals surface area contributed by atoms with E-state index in [4.69, 9.17) is 4.74 Å². The second kappa shape index (κ2) is 6.06. The maximum Gasteiger partial charge on any atom is 0.214 e. The average Bonchev–Trinajstić information content (AvgIpc) is 3.00. The molecule has 0 aliphatic carbocycles. The normalized spacial score (nSPS) is 19.8. The van der Waals surface area contributed by atoms with Crippen molar-refractivity contribution in [3.63, 3.8) is 0 Å². The van der Waals surface area contributed by atoms with Gasteiger partial charge >= 0.3 is 0 Å². The lowest BCUT2D eigenvalue weighted by Gasteiger charge is -2.24. The number of nitrogens with zero attached hydrogens (tertiary/aromatic N) is 1. The summed E-state index contributed by atoms with van der Waals surface area (Å²) in [5.74, 6) is 1.21. The van der Waals surface area contributed by atoms with E-state index >= 15 is 0 Å². The number of benzene rings is 1. The zero-order valence-corrected chi connectivity index (χ0v) is 11.8. The fraction of sp³-hybridized carbons (Fsp3) is 0.353. The summed E-state index contributed by atoms with van der Waals surface area (Å²) < 4.78 is 6.21. The fourth-order valence-corrected chi connectivity index (χ4v) is 2.73. The third kappa shape index (κ3) is 2.99. The Balaban J connectivity index is 1.85. The molecule has 1 aromatic carbocycles. The number of nitrogens with one attached hydrogen (secondary N) is 1. The molecule has 0 spiro atoms. The van der Waals surface area contributed by atoms with E-state index in [1.807, 2.05) is 31.2 Å². The minimum absolute atomic E-state index is 0.0699. The lowest BCUT2D eigenvalue weighted by atomic mass is 9.95. The molecule has 2 heterocycles. The quantitative estimate of drug-likeness (QED) is 0.925. The van der Waals surface area contributed by atoms with Crippen molar-refractivity contribution in [2.45, 2.75) is 19.4 Å². The Morgan fingerprint density at radius 3 is 2.70 bits per heavy atom. The largest absolute Gasteiger partial charge is 0.469 e. The molecular weight excluding hydrogens is 248 g/mol. The van der Waals surface area contributed by atoms with E-state index in [1.165, 1.54) is 5.56 Å². The molecule has 1 saturated heterocycles. The van der Waals surface area contributed by atoms with Crippen molar-refractivity contribution < 1.29 is 4.74 Å². The highest BCUT2D eigenvalue weighted by Crippen LogP contribution is 2.31. The van der Waals surface area contributed by atoms with Crippen molar-refractivity contribution in [3.8, 4) is 5.88 Å². The molecule has 0 saturated carbocycles. The zero-order chi connectivity index (χ0) is 13.8. The number of hydrogen-bond donors (Lipinski definition) is 1. The SMILES string of the molecule is Cc1cccc(O[C@H](c2ccccc2)C2CCNC2)n1. The molecule has 3 rings (SSSR count). The van der Waals surface area contributed by atoms with Crippen LogP contribution < -0.4 is 10.1 Å². The topological polar surface area (TPSA) is 34.1 Å². The average molecular weight is 268 g/mol. The zero-order valence-electron chi connectivity index (χ0n) is 11.8. The third-order valence-electron chi connectivity index (χ3n) is 3.77. The van der Waals surface area contributed by atoms with Gasteiger partial charge in [-0.15, -0.1) is 0 Å². The molecule has 1 N–H and O–H groups in total. The van der Waals surface area contributed by atoms with Gasteiger partial charge in [0, 0.05) is 24.2 Å². The molecule has 1 unspecified atom stereocenters. The van der Waals surface area contributed by atoms with Gasteiger partial charge in [-0.25, -0.2) is 4.98 Å². The summed E-state index contributed by atoms with van der Waals surface area (Å²) in [5.41, 5.74) is 2.21. The molecule has 20 heavy (non-hydrogen) atoms. The fourth-order valence-electron chi connectivity index (χ4n) is 2.73. The third-order valence-corrected chi connectivity index (χ3v) is 3.77. The minimum atomic E-state index is 0.0699. The molecule has 3 heteroatoms. The number of hydrogen-bond acceptors (Lipinski definition) is 3. The molecule has 1 aromatic heterocycles. The number of aromatic nitrogens is 1. The molecule has 0 bridgehead atoms. The van der Waals surface area contributed by atoms with Gasteiger partial charge in [-0.05, 0) is 31.5 Å². The molecule has 2 aromatic rings. The monoisotopic (exact) mass is 268 g/mol. The summed E-state index contributed by atoms with van der Waals surface area (Å²) in [7, 11) is 0. The first-order valence-corrected chi connectivity index (χ1v) is 7.19. The minimum Gasteiger partial charge on any atom is -0.469 e. The van der Waals surface area contributed by atoms with Crippen molar-refractivity contribution in [1.82, 2.24) is 10.3 Å². The first-order valence-electron chi connectivity index (χ1n) is 7.19. The molecule has 1 aliphatic rings. The molecule has 3 nitrogen and oxygen atoms in total. The van der Waals surface area contributed by atoms with Crippen LogP contribution in [-0.2, 0) is 0 Å². The van der Waals surface area contributed by atoms with Crippen LogP contribution in [0.15, 0.2) is 48.5 Å². The Kier molecular flexibility index (Phi) is 3.97. The predicted octanol–water partition coefficient (Wildman–Crippen LogP) is 3.12. The summed E-state index contributed by atoms with van der Waals surface area (Å²) in [4.78, 5) is 4.47. The van der Waals surface area contributed by atoms with Gasteiger partial charge in [-0.3, -0.25) is 0 Å². The Labute approximate surface area is 120 Å². The Morgan fingerprint density at radius 2 is 2.00 bits per heavy atom. The van der Waals surface area contributed by atoms with Crippen LogP contribution >= 0.6 is 0 Å². The maximum absolute atomic E-state index is 6.21. The highest BCUT2D eigenvalue weighted by atomic mass is 16.5. The van der Waals surface area contributed by atoms with Gasteiger partial charge in [0.25, 0.3) is 0 Å². The van der Waals surface area contributed by atoms with Crippen molar-refractivity contribution in [1.29, 1.82) is 0 Å². The molecule has 1 fully saturated rings. The number of aryl methyl sites for hydroxylation is 1. The van der Waals surface area contributed by atoms with Crippen LogP contribution in [0.3, 0.4) is 0 Å². The standard InChI is InChI=1S/C17H20N2O/c1-13-6-5-9-16(19-13)20-17(15-10-11-18-12-15)14-7-3-2-4-8-14/h2-9,15,17-18H,10-12H2,1H3/t15?,17-/m1/s1. The van der Waals surface area contributed by atoms with Gasteiger partial charge in [0.15, 0.2) is 0 Å². The Hall–Kier alpha value is -1.87. The van der Waals surface area contributed by atoms with E-state index in [0.717, 1.165) is 25.2 Å². The van der Waals surface area contributed by atoms with Gasteiger partial charge in [-0.2, -0.15) is 0 Å². The highest BCUT2D eigenvalue weighted by Gasteiger charge is 2.28. The van der Waals surface area contributed by atoms with E-state index in [2.05, 4.69) is 34.6 Å².